The highest BCUT2D eigenvalue weighted by Gasteiger charge is 2.26. The number of sulfonamides is 1. The summed E-state index contributed by atoms with van der Waals surface area (Å²) >= 11 is 0. The molecule has 1 saturated heterocycles. The Balaban J connectivity index is 2.01. The molecule has 0 spiro atoms. The smallest absolute Gasteiger partial charge is 0.338 e. The van der Waals surface area contributed by atoms with Crippen LogP contribution in [0.3, 0.4) is 0 Å². The molecular weight excluding hydrogens is 380 g/mol. The van der Waals surface area contributed by atoms with E-state index >= 15 is 0 Å². The zero-order valence-electron chi connectivity index (χ0n) is 16.6. The summed E-state index contributed by atoms with van der Waals surface area (Å²) in [6.07, 6.45) is 5.52. The van der Waals surface area contributed by atoms with Gasteiger partial charge in [0, 0.05) is 19.1 Å². The van der Waals surface area contributed by atoms with E-state index in [0.717, 1.165) is 38.5 Å². The van der Waals surface area contributed by atoms with E-state index in [4.69, 9.17) is 4.74 Å². The van der Waals surface area contributed by atoms with Crippen LogP contribution in [0.5, 0.6) is 0 Å². The van der Waals surface area contributed by atoms with Gasteiger partial charge in [0.2, 0.25) is 10.0 Å². The van der Waals surface area contributed by atoms with Crippen molar-refractivity contribution in [2.45, 2.75) is 63.3 Å². The molecule has 156 valence electrons. The average molecular weight is 411 g/mol. The Hall–Kier alpha value is -1.93. The van der Waals surface area contributed by atoms with Gasteiger partial charge in [-0.3, -0.25) is 4.79 Å². The van der Waals surface area contributed by atoms with Gasteiger partial charge in [0.15, 0.2) is 6.61 Å². The molecule has 1 aromatic carbocycles. The number of hydrogen-bond donors (Lipinski definition) is 1. The van der Waals surface area contributed by atoms with Gasteiger partial charge in [0.25, 0.3) is 5.91 Å². The van der Waals surface area contributed by atoms with E-state index in [1.807, 2.05) is 13.8 Å². The molecule has 0 radical (unpaired) electrons. The first-order valence-electron chi connectivity index (χ1n) is 9.91. The van der Waals surface area contributed by atoms with Crippen molar-refractivity contribution >= 4 is 21.9 Å². The Kier molecular flexibility index (Phi) is 8.44. The van der Waals surface area contributed by atoms with Gasteiger partial charge in [-0.25, -0.2) is 13.2 Å². The van der Waals surface area contributed by atoms with Crippen LogP contribution in [0, 0.1) is 0 Å². The van der Waals surface area contributed by atoms with Gasteiger partial charge in [0.05, 0.1) is 10.5 Å². The number of benzene rings is 1. The van der Waals surface area contributed by atoms with Crippen LogP contribution < -0.4 is 5.32 Å². The van der Waals surface area contributed by atoms with Gasteiger partial charge in [-0.1, -0.05) is 32.3 Å². The first-order chi connectivity index (χ1) is 13.3. The van der Waals surface area contributed by atoms with Crippen LogP contribution in [0.1, 0.15) is 62.7 Å². The van der Waals surface area contributed by atoms with Gasteiger partial charge < -0.3 is 10.1 Å². The van der Waals surface area contributed by atoms with E-state index in [9.17, 15) is 18.0 Å². The third-order valence-corrected chi connectivity index (χ3v) is 6.63. The summed E-state index contributed by atoms with van der Waals surface area (Å²) in [6.45, 7) is 4.51. The molecule has 1 aliphatic rings. The molecule has 1 N–H and O–H groups in total. The van der Waals surface area contributed by atoms with Crippen LogP contribution in [-0.4, -0.2) is 50.3 Å². The minimum atomic E-state index is -3.65. The fourth-order valence-corrected chi connectivity index (χ4v) is 4.81. The van der Waals surface area contributed by atoms with E-state index in [2.05, 4.69) is 5.32 Å². The molecule has 1 aromatic rings. The number of nitrogens with one attached hydrogen (secondary N) is 1. The minimum Gasteiger partial charge on any atom is -0.452 e. The van der Waals surface area contributed by atoms with Gasteiger partial charge >= 0.3 is 5.97 Å². The van der Waals surface area contributed by atoms with Crippen molar-refractivity contribution in [2.75, 3.05) is 19.7 Å². The standard InChI is InChI=1S/C20H30N2O5S/c1-3-9-16(2)21-19(23)15-27-20(24)17-10-8-11-18(14-17)28(25,26)22-12-6-4-5-7-13-22/h8,10-11,14,16H,3-7,9,12-13,15H2,1-2H3,(H,21,23)/t16-/m1/s1. The Bertz CT molecular complexity index is 771. The highest BCUT2D eigenvalue weighted by atomic mass is 32.2. The maximum absolute atomic E-state index is 12.9. The van der Waals surface area contributed by atoms with Crippen molar-refractivity contribution in [1.82, 2.24) is 9.62 Å². The second-order valence-corrected chi connectivity index (χ2v) is 9.12. The lowest BCUT2D eigenvalue weighted by Crippen LogP contribution is -2.35. The summed E-state index contributed by atoms with van der Waals surface area (Å²) in [5.74, 6) is -1.09. The highest BCUT2D eigenvalue weighted by Crippen LogP contribution is 2.21. The molecule has 2 rings (SSSR count). The lowest BCUT2D eigenvalue weighted by molar-refractivity contribution is -0.124. The molecule has 7 nitrogen and oxygen atoms in total. The molecule has 1 fully saturated rings. The second kappa shape index (κ2) is 10.6. The monoisotopic (exact) mass is 410 g/mol. The van der Waals surface area contributed by atoms with Crippen molar-refractivity contribution < 1.29 is 22.7 Å². The van der Waals surface area contributed by atoms with E-state index in [1.165, 1.54) is 28.6 Å². The number of esters is 1. The molecule has 0 saturated carbocycles. The van der Waals surface area contributed by atoms with E-state index < -0.39 is 22.6 Å². The molecule has 28 heavy (non-hydrogen) atoms. The van der Waals surface area contributed by atoms with Crippen LogP contribution in [0.4, 0.5) is 0 Å². The number of ether oxygens (including phenoxy) is 1. The molecule has 1 atom stereocenters. The topological polar surface area (TPSA) is 92.8 Å². The second-order valence-electron chi connectivity index (χ2n) is 7.18. The summed E-state index contributed by atoms with van der Waals surface area (Å²) in [7, 11) is -3.65. The predicted molar refractivity (Wildman–Crippen MR) is 106 cm³/mol. The SMILES string of the molecule is CCC[C@@H](C)NC(=O)COC(=O)c1cccc(S(=O)(=O)N2CCCCCC2)c1. The number of carbonyl (C=O) groups is 2. The number of nitrogens with zero attached hydrogens (tertiary/aromatic N) is 1. The van der Waals surface area contributed by atoms with Crippen LogP contribution in [0.15, 0.2) is 29.2 Å². The van der Waals surface area contributed by atoms with Gasteiger partial charge in [-0.05, 0) is 44.4 Å². The number of carbonyl (C=O) groups excluding carboxylic acids is 2. The fourth-order valence-electron chi connectivity index (χ4n) is 3.25. The summed E-state index contributed by atoms with van der Waals surface area (Å²) in [5, 5.41) is 2.75. The van der Waals surface area contributed by atoms with Gasteiger partial charge in [0.1, 0.15) is 0 Å². The van der Waals surface area contributed by atoms with Crippen molar-refractivity contribution in [3.8, 4) is 0 Å². The third kappa shape index (κ3) is 6.31. The normalized spacial score (nSPS) is 16.8. The Morgan fingerprint density at radius 3 is 2.50 bits per heavy atom. The third-order valence-electron chi connectivity index (χ3n) is 4.74. The molecular formula is C20H30N2O5S. The molecule has 0 aromatic heterocycles. The minimum absolute atomic E-state index is 0.0123. The van der Waals surface area contributed by atoms with Crippen molar-refractivity contribution in [1.29, 1.82) is 0 Å². The molecule has 0 unspecified atom stereocenters. The highest BCUT2D eigenvalue weighted by molar-refractivity contribution is 7.89. The van der Waals surface area contributed by atoms with Gasteiger partial charge in [-0.2, -0.15) is 4.31 Å². The zero-order chi connectivity index (χ0) is 20.6. The maximum Gasteiger partial charge on any atom is 0.338 e. The zero-order valence-corrected chi connectivity index (χ0v) is 17.5. The van der Waals surface area contributed by atoms with Crippen molar-refractivity contribution in [3.05, 3.63) is 29.8 Å². The molecule has 1 heterocycles. The first kappa shape index (κ1) is 22.4. The van der Waals surface area contributed by atoms with Crippen LogP contribution in [0.2, 0.25) is 0 Å². The molecule has 0 aliphatic carbocycles. The van der Waals surface area contributed by atoms with E-state index in [1.54, 1.807) is 0 Å². The van der Waals surface area contributed by atoms with Crippen LogP contribution >= 0.6 is 0 Å². The largest absolute Gasteiger partial charge is 0.452 e. The Morgan fingerprint density at radius 2 is 1.86 bits per heavy atom. The van der Waals surface area contributed by atoms with E-state index in [-0.39, 0.29) is 22.4 Å². The molecule has 1 amide bonds. The number of amides is 1. The summed E-state index contributed by atoms with van der Waals surface area (Å²) in [4.78, 5) is 24.2. The lowest BCUT2D eigenvalue weighted by atomic mass is 10.2. The van der Waals surface area contributed by atoms with Crippen LogP contribution in [-0.2, 0) is 19.6 Å². The predicted octanol–water partition coefficient (Wildman–Crippen LogP) is 2.71. The van der Waals surface area contributed by atoms with Crippen LogP contribution in [0.25, 0.3) is 0 Å². The lowest BCUT2D eigenvalue weighted by Gasteiger charge is -2.20. The number of hydrogen-bond acceptors (Lipinski definition) is 5. The summed E-state index contributed by atoms with van der Waals surface area (Å²) in [6, 6.07) is 5.82. The van der Waals surface area contributed by atoms with Gasteiger partial charge in [-0.15, -0.1) is 0 Å². The Labute approximate surface area is 167 Å². The Morgan fingerprint density at radius 1 is 1.18 bits per heavy atom. The summed E-state index contributed by atoms with van der Waals surface area (Å²) in [5.41, 5.74) is 0.116. The maximum atomic E-state index is 12.9. The van der Waals surface area contributed by atoms with E-state index in [0.29, 0.717) is 13.1 Å². The number of rotatable bonds is 8. The first-order valence-corrected chi connectivity index (χ1v) is 11.3. The van der Waals surface area contributed by atoms with Crippen molar-refractivity contribution in [2.24, 2.45) is 0 Å². The van der Waals surface area contributed by atoms with Crippen molar-refractivity contribution in [3.63, 3.8) is 0 Å². The molecule has 8 heteroatoms. The fraction of sp³-hybridized carbons (Fsp3) is 0.600. The average Bonchev–Trinajstić information content (AvgIpc) is 2.96. The summed E-state index contributed by atoms with van der Waals surface area (Å²) < 4.78 is 32.3. The molecule has 1 aliphatic heterocycles. The molecule has 0 bridgehead atoms. The quantitative estimate of drug-likeness (QED) is 0.665.